The van der Waals surface area contributed by atoms with Crippen molar-refractivity contribution >= 4 is 16.9 Å². The van der Waals surface area contributed by atoms with Gasteiger partial charge in [-0.15, -0.1) is 0 Å². The quantitative estimate of drug-likeness (QED) is 0.157. The molecular formula is C27H34O6. The first-order chi connectivity index (χ1) is 15.8. The second-order valence-electron chi connectivity index (χ2n) is 8.00. The topological polar surface area (TPSA) is 75.0 Å². The zero-order valence-electron chi connectivity index (χ0n) is 20.2. The number of esters is 1. The van der Waals surface area contributed by atoms with E-state index in [-0.39, 0.29) is 23.7 Å². The van der Waals surface area contributed by atoms with Crippen molar-refractivity contribution in [3.05, 3.63) is 64.1 Å². The minimum atomic E-state index is -0.711. The number of hydrogen-bond acceptors (Lipinski definition) is 6. The first-order valence-corrected chi connectivity index (χ1v) is 11.3. The van der Waals surface area contributed by atoms with Gasteiger partial charge in [-0.25, -0.2) is 4.79 Å². The molecule has 0 unspecified atom stereocenters. The summed E-state index contributed by atoms with van der Waals surface area (Å²) in [5, 5.41) is 0.460. The minimum absolute atomic E-state index is 0.0572. The Balaban J connectivity index is 2.23. The van der Waals surface area contributed by atoms with E-state index in [1.807, 2.05) is 13.0 Å². The molecule has 178 valence electrons. The van der Waals surface area contributed by atoms with E-state index in [2.05, 4.69) is 39.0 Å². The summed E-state index contributed by atoms with van der Waals surface area (Å²) in [6, 6.07) is 5.06. The number of hydrogen-bond donors (Lipinski definition) is 0. The molecule has 1 aromatic carbocycles. The Morgan fingerprint density at radius 2 is 1.79 bits per heavy atom. The van der Waals surface area contributed by atoms with Gasteiger partial charge in [0.25, 0.3) is 0 Å². The Labute approximate surface area is 195 Å². The number of carbonyl (C=O) groups excluding carboxylic acids is 1. The summed E-state index contributed by atoms with van der Waals surface area (Å²) in [7, 11) is 0. The smallest absolute Gasteiger partial charge is 0.383 e. The Morgan fingerprint density at radius 1 is 1.00 bits per heavy atom. The SMILES string of the molecule is CCC=CCCOc1ccc2c(OC(C)=O)c(OC/C=C(\C)CCC=C(C)C)c(=O)oc2c1. The molecule has 0 aliphatic carbocycles. The standard InChI is InChI=1S/C27H34O6/c1-6-7-8-9-16-30-22-13-14-23-24(18-22)33-27(29)26(25(23)32-21(5)28)31-17-15-20(4)12-10-11-19(2)3/h7-8,11,13-15,18H,6,9-10,12,16-17H2,1-5H3/b8-7?,20-15+. The van der Waals surface area contributed by atoms with Gasteiger partial charge in [0.1, 0.15) is 17.9 Å². The van der Waals surface area contributed by atoms with Crippen LogP contribution >= 0.6 is 0 Å². The molecule has 0 fully saturated rings. The van der Waals surface area contributed by atoms with Gasteiger partial charge in [-0.3, -0.25) is 4.79 Å². The van der Waals surface area contributed by atoms with Crippen LogP contribution in [-0.2, 0) is 4.79 Å². The van der Waals surface area contributed by atoms with Crippen molar-refractivity contribution in [2.45, 2.75) is 60.3 Å². The van der Waals surface area contributed by atoms with Crippen LogP contribution in [0.2, 0.25) is 0 Å². The lowest BCUT2D eigenvalue weighted by Crippen LogP contribution is -2.12. The predicted octanol–water partition coefficient (Wildman–Crippen LogP) is 6.52. The normalized spacial score (nSPS) is 11.6. The third kappa shape index (κ3) is 8.64. The predicted molar refractivity (Wildman–Crippen MR) is 131 cm³/mol. The maximum atomic E-state index is 12.6. The molecule has 0 saturated heterocycles. The summed E-state index contributed by atoms with van der Waals surface area (Å²) in [5.41, 5.74) is 1.97. The molecule has 0 aliphatic heterocycles. The van der Waals surface area contributed by atoms with E-state index in [1.165, 1.54) is 12.5 Å². The Hall–Kier alpha value is -3.28. The summed E-state index contributed by atoms with van der Waals surface area (Å²) in [6.07, 6.45) is 11.8. The molecular weight excluding hydrogens is 420 g/mol. The lowest BCUT2D eigenvalue weighted by Gasteiger charge is -2.12. The fraction of sp³-hybridized carbons (Fsp3) is 0.407. The van der Waals surface area contributed by atoms with Crippen molar-refractivity contribution < 1.29 is 23.4 Å². The maximum Gasteiger partial charge on any atom is 0.383 e. The van der Waals surface area contributed by atoms with E-state index in [0.29, 0.717) is 17.7 Å². The summed E-state index contributed by atoms with van der Waals surface area (Å²) in [6.45, 7) is 10.2. The van der Waals surface area contributed by atoms with Crippen molar-refractivity contribution in [2.75, 3.05) is 13.2 Å². The van der Waals surface area contributed by atoms with Crippen LogP contribution in [0, 0.1) is 0 Å². The molecule has 6 heteroatoms. The molecule has 33 heavy (non-hydrogen) atoms. The second kappa shape index (κ2) is 13.3. The summed E-state index contributed by atoms with van der Waals surface area (Å²) < 4.78 is 22.2. The highest BCUT2D eigenvalue weighted by molar-refractivity contribution is 5.89. The molecule has 0 aliphatic rings. The van der Waals surface area contributed by atoms with Gasteiger partial charge >= 0.3 is 11.6 Å². The van der Waals surface area contributed by atoms with Gasteiger partial charge in [0.2, 0.25) is 5.75 Å². The molecule has 6 nitrogen and oxygen atoms in total. The van der Waals surface area contributed by atoms with Crippen molar-refractivity contribution in [1.82, 2.24) is 0 Å². The molecule has 0 amide bonds. The molecule has 2 aromatic rings. The first-order valence-electron chi connectivity index (χ1n) is 11.3. The van der Waals surface area contributed by atoms with E-state index in [0.717, 1.165) is 31.3 Å². The summed E-state index contributed by atoms with van der Waals surface area (Å²) in [4.78, 5) is 24.4. The van der Waals surface area contributed by atoms with E-state index in [9.17, 15) is 9.59 Å². The van der Waals surface area contributed by atoms with Crippen molar-refractivity contribution in [3.63, 3.8) is 0 Å². The third-order valence-corrected chi connectivity index (χ3v) is 4.74. The molecule has 2 rings (SSSR count). The van der Waals surface area contributed by atoms with E-state index in [4.69, 9.17) is 18.6 Å². The van der Waals surface area contributed by atoms with Gasteiger partial charge in [-0.05, 0) is 64.7 Å². The molecule has 0 spiro atoms. The lowest BCUT2D eigenvalue weighted by molar-refractivity contribution is -0.131. The van der Waals surface area contributed by atoms with Crippen LogP contribution < -0.4 is 19.8 Å². The fourth-order valence-electron chi connectivity index (χ4n) is 3.08. The molecule has 0 bridgehead atoms. The number of ether oxygens (including phenoxy) is 3. The monoisotopic (exact) mass is 454 g/mol. The number of allylic oxidation sites excluding steroid dienone is 4. The number of rotatable bonds is 12. The first kappa shape index (κ1) is 26.0. The molecule has 0 atom stereocenters. The van der Waals surface area contributed by atoms with Gasteiger partial charge in [0.05, 0.1) is 12.0 Å². The summed E-state index contributed by atoms with van der Waals surface area (Å²) >= 11 is 0. The van der Waals surface area contributed by atoms with Crippen LogP contribution in [0.5, 0.6) is 17.2 Å². The number of carbonyl (C=O) groups is 1. The number of benzene rings is 1. The zero-order chi connectivity index (χ0) is 24.2. The van der Waals surface area contributed by atoms with E-state index in [1.54, 1.807) is 18.2 Å². The van der Waals surface area contributed by atoms with Gasteiger partial charge in [0, 0.05) is 13.0 Å². The van der Waals surface area contributed by atoms with Gasteiger partial charge in [0.15, 0.2) is 5.75 Å². The second-order valence-corrected chi connectivity index (χ2v) is 8.00. The maximum absolute atomic E-state index is 12.6. The van der Waals surface area contributed by atoms with Crippen LogP contribution in [-0.4, -0.2) is 19.2 Å². The average Bonchev–Trinajstić information content (AvgIpc) is 2.74. The van der Waals surface area contributed by atoms with Crippen molar-refractivity contribution in [1.29, 1.82) is 0 Å². The highest BCUT2D eigenvalue weighted by Crippen LogP contribution is 2.35. The van der Waals surface area contributed by atoms with E-state index < -0.39 is 11.6 Å². The fourth-order valence-corrected chi connectivity index (χ4v) is 3.08. The van der Waals surface area contributed by atoms with Crippen LogP contribution in [0.4, 0.5) is 0 Å². The van der Waals surface area contributed by atoms with Crippen molar-refractivity contribution in [2.24, 2.45) is 0 Å². The van der Waals surface area contributed by atoms with Crippen molar-refractivity contribution in [3.8, 4) is 17.2 Å². The van der Waals surface area contributed by atoms with E-state index >= 15 is 0 Å². The molecule has 0 radical (unpaired) electrons. The van der Waals surface area contributed by atoms with Gasteiger partial charge < -0.3 is 18.6 Å². The van der Waals surface area contributed by atoms with Crippen LogP contribution in [0.25, 0.3) is 11.0 Å². The Morgan fingerprint density at radius 3 is 2.48 bits per heavy atom. The molecule has 1 heterocycles. The summed E-state index contributed by atoms with van der Waals surface area (Å²) in [5.74, 6) is -0.0534. The Bertz CT molecular complexity index is 1080. The Kier molecular flexibility index (Phi) is 10.5. The molecule has 1 aromatic heterocycles. The highest BCUT2D eigenvalue weighted by Gasteiger charge is 2.20. The minimum Gasteiger partial charge on any atom is -0.493 e. The van der Waals surface area contributed by atoms with Crippen LogP contribution in [0.3, 0.4) is 0 Å². The molecule has 0 saturated carbocycles. The van der Waals surface area contributed by atoms with Crippen LogP contribution in [0.1, 0.15) is 60.3 Å². The average molecular weight is 455 g/mol. The third-order valence-electron chi connectivity index (χ3n) is 4.74. The lowest BCUT2D eigenvalue weighted by atomic mass is 10.1. The highest BCUT2D eigenvalue weighted by atomic mass is 16.6. The molecule has 0 N–H and O–H groups in total. The number of fused-ring (bicyclic) bond motifs is 1. The van der Waals surface area contributed by atoms with Gasteiger partial charge in [-0.1, -0.05) is 36.3 Å². The largest absolute Gasteiger partial charge is 0.493 e. The zero-order valence-corrected chi connectivity index (χ0v) is 20.2. The van der Waals surface area contributed by atoms with Crippen LogP contribution in [0.15, 0.2) is 62.9 Å². The van der Waals surface area contributed by atoms with Gasteiger partial charge in [-0.2, -0.15) is 0 Å².